The molecule has 0 radical (unpaired) electrons. The predicted octanol–water partition coefficient (Wildman–Crippen LogP) is 14.6. The van der Waals surface area contributed by atoms with E-state index in [1.807, 2.05) is 24.4 Å². The average molecular weight is 755 g/mol. The van der Waals surface area contributed by atoms with Crippen molar-refractivity contribution in [2.45, 2.75) is 0 Å². The molecule has 0 N–H and O–H groups in total. The summed E-state index contributed by atoms with van der Waals surface area (Å²) >= 11 is 0. The topological polar surface area (TPSA) is 26.0 Å². The fraction of sp³-hybridized carbons (Fsp3) is 0. The summed E-state index contributed by atoms with van der Waals surface area (Å²) in [6, 6.07) is 78.1. The van der Waals surface area contributed by atoms with Gasteiger partial charge in [-0.2, -0.15) is 0 Å². The number of hydrogen-bond acceptors (Lipinski definition) is 2. The highest BCUT2D eigenvalue weighted by Crippen LogP contribution is 2.41. The smallest absolute Gasteiger partial charge is 0.0788 e. The van der Waals surface area contributed by atoms with E-state index in [1.54, 1.807) is 0 Å². The highest BCUT2D eigenvalue weighted by atomic mass is 15.1. The van der Waals surface area contributed by atoms with Gasteiger partial charge in [0.15, 0.2) is 0 Å². The summed E-state index contributed by atoms with van der Waals surface area (Å²) in [5, 5.41) is 3.66. The van der Waals surface area contributed by atoms with Gasteiger partial charge in [-0.05, 0) is 113 Å². The van der Waals surface area contributed by atoms with Gasteiger partial charge in [-0.25, -0.2) is 0 Å². The van der Waals surface area contributed by atoms with Crippen molar-refractivity contribution in [3.63, 3.8) is 0 Å². The van der Waals surface area contributed by atoms with Crippen molar-refractivity contribution in [1.82, 2.24) is 14.1 Å². The summed E-state index contributed by atoms with van der Waals surface area (Å²) in [6.45, 7) is 0. The van der Waals surface area contributed by atoms with Crippen LogP contribution in [0.25, 0.3) is 77.6 Å². The van der Waals surface area contributed by atoms with Crippen molar-refractivity contribution < 1.29 is 0 Å². The molecule has 11 aromatic rings. The van der Waals surface area contributed by atoms with Crippen molar-refractivity contribution in [2.24, 2.45) is 0 Å². The maximum Gasteiger partial charge on any atom is 0.0788 e. The highest BCUT2D eigenvalue weighted by Gasteiger charge is 2.19. The van der Waals surface area contributed by atoms with Gasteiger partial charge < -0.3 is 14.0 Å². The Labute approximate surface area is 343 Å². The molecule has 11 rings (SSSR count). The van der Waals surface area contributed by atoms with Crippen LogP contribution in [0, 0.1) is 0 Å². The van der Waals surface area contributed by atoms with E-state index in [1.165, 1.54) is 49.4 Å². The quantitative estimate of drug-likeness (QED) is 0.154. The number of hydrogen-bond donors (Lipinski definition) is 0. The van der Waals surface area contributed by atoms with E-state index >= 15 is 0 Å². The van der Waals surface area contributed by atoms with Crippen LogP contribution in [0.15, 0.2) is 231 Å². The van der Waals surface area contributed by atoms with E-state index < -0.39 is 0 Å². The number of nitrogens with zero attached hydrogens (tertiary/aromatic N) is 4. The van der Waals surface area contributed by atoms with Crippen LogP contribution in [0.3, 0.4) is 0 Å². The third kappa shape index (κ3) is 6.15. The molecule has 0 bridgehead atoms. The van der Waals surface area contributed by atoms with Crippen LogP contribution in [-0.2, 0) is 0 Å². The molecule has 8 aromatic carbocycles. The molecular formula is C55H38N4. The molecule has 0 saturated heterocycles. The number of anilines is 3. The minimum atomic E-state index is 0.959. The zero-order valence-electron chi connectivity index (χ0n) is 32.2. The number of aromatic nitrogens is 3. The number of pyridine rings is 1. The van der Waals surface area contributed by atoms with Crippen molar-refractivity contribution in [3.05, 3.63) is 231 Å². The summed E-state index contributed by atoms with van der Waals surface area (Å²) < 4.78 is 4.75. The second-order valence-electron chi connectivity index (χ2n) is 14.9. The molecule has 0 aliphatic heterocycles. The third-order valence-electron chi connectivity index (χ3n) is 11.4. The van der Waals surface area contributed by atoms with Crippen LogP contribution in [0.2, 0.25) is 0 Å². The zero-order chi connectivity index (χ0) is 39.1. The fourth-order valence-corrected chi connectivity index (χ4v) is 8.55. The summed E-state index contributed by atoms with van der Waals surface area (Å²) in [4.78, 5) is 6.90. The van der Waals surface area contributed by atoms with Crippen LogP contribution >= 0.6 is 0 Å². The molecule has 0 amide bonds. The van der Waals surface area contributed by atoms with E-state index in [2.05, 4.69) is 225 Å². The lowest BCUT2D eigenvalue weighted by atomic mass is 10.0. The first-order chi connectivity index (χ1) is 29.3. The van der Waals surface area contributed by atoms with E-state index in [0.29, 0.717) is 0 Å². The number of benzene rings is 8. The maximum absolute atomic E-state index is 4.58. The first kappa shape index (κ1) is 34.3. The Hall–Kier alpha value is -7.95. The summed E-state index contributed by atoms with van der Waals surface area (Å²) in [5.74, 6) is 0. The molecule has 4 heteroatoms. The minimum Gasteiger partial charge on any atom is -0.315 e. The Morgan fingerprint density at radius 3 is 1.54 bits per heavy atom. The van der Waals surface area contributed by atoms with Crippen LogP contribution < -0.4 is 4.90 Å². The minimum absolute atomic E-state index is 0.959. The molecule has 278 valence electrons. The van der Waals surface area contributed by atoms with Crippen molar-refractivity contribution in [3.8, 4) is 44.9 Å². The first-order valence-corrected chi connectivity index (χ1v) is 20.0. The number of rotatable bonds is 8. The normalized spacial score (nSPS) is 11.4. The molecule has 4 nitrogen and oxygen atoms in total. The van der Waals surface area contributed by atoms with Crippen LogP contribution in [0.1, 0.15) is 0 Å². The third-order valence-corrected chi connectivity index (χ3v) is 11.4. The number of para-hydroxylation sites is 2. The van der Waals surface area contributed by atoms with Gasteiger partial charge >= 0.3 is 0 Å². The molecule has 59 heavy (non-hydrogen) atoms. The summed E-state index contributed by atoms with van der Waals surface area (Å²) in [5.41, 5.74) is 15.9. The lowest BCUT2D eigenvalue weighted by Gasteiger charge is -2.26. The summed E-state index contributed by atoms with van der Waals surface area (Å²) in [6.07, 6.45) is 4.03. The predicted molar refractivity (Wildman–Crippen MR) is 246 cm³/mol. The molecular weight excluding hydrogens is 717 g/mol. The van der Waals surface area contributed by atoms with Crippen molar-refractivity contribution in [2.75, 3.05) is 4.90 Å². The van der Waals surface area contributed by atoms with E-state index in [0.717, 1.165) is 45.3 Å². The van der Waals surface area contributed by atoms with Crippen LogP contribution in [-0.4, -0.2) is 14.1 Å². The first-order valence-electron chi connectivity index (χ1n) is 20.0. The van der Waals surface area contributed by atoms with Gasteiger partial charge in [-0.1, -0.05) is 127 Å². The van der Waals surface area contributed by atoms with Gasteiger partial charge in [0, 0.05) is 62.6 Å². The molecule has 3 heterocycles. The van der Waals surface area contributed by atoms with Crippen molar-refractivity contribution in [1.29, 1.82) is 0 Å². The van der Waals surface area contributed by atoms with Gasteiger partial charge in [-0.3, -0.25) is 4.98 Å². The van der Waals surface area contributed by atoms with Gasteiger partial charge in [0.25, 0.3) is 0 Å². The molecule has 0 unspecified atom stereocenters. The largest absolute Gasteiger partial charge is 0.315 e. The number of fused-ring (bicyclic) bond motifs is 5. The fourth-order valence-electron chi connectivity index (χ4n) is 8.55. The van der Waals surface area contributed by atoms with E-state index in [4.69, 9.17) is 0 Å². The second kappa shape index (κ2) is 14.5. The van der Waals surface area contributed by atoms with E-state index in [9.17, 15) is 0 Å². The molecule has 0 saturated carbocycles. The Kier molecular flexibility index (Phi) is 8.45. The van der Waals surface area contributed by atoms with Gasteiger partial charge in [0.05, 0.1) is 22.2 Å². The molecule has 0 aliphatic rings. The molecule has 3 aromatic heterocycles. The van der Waals surface area contributed by atoms with Crippen LogP contribution in [0.5, 0.6) is 0 Å². The Morgan fingerprint density at radius 1 is 0.373 bits per heavy atom. The molecule has 0 aliphatic carbocycles. The van der Waals surface area contributed by atoms with Gasteiger partial charge in [-0.15, -0.1) is 0 Å². The molecule has 0 fully saturated rings. The Bertz CT molecular complexity index is 3120. The molecule has 0 atom stereocenters. The summed E-state index contributed by atoms with van der Waals surface area (Å²) in [7, 11) is 0. The van der Waals surface area contributed by atoms with Gasteiger partial charge in [0.2, 0.25) is 0 Å². The second-order valence-corrected chi connectivity index (χ2v) is 14.9. The Balaban J connectivity index is 1.02. The SMILES string of the molecule is c1ccc(-c2ccc(N(c3ccc(-c4ccc5c(c4)c4ccc6ccn(-c7ccccc7)c6c4n5-c4ccccc4)cc3)c3ccc(-c4ccccn4)cc3)cc2)cc1. The zero-order valence-corrected chi connectivity index (χ0v) is 32.2. The van der Waals surface area contributed by atoms with E-state index in [-0.39, 0.29) is 0 Å². The monoisotopic (exact) mass is 754 g/mol. The lowest BCUT2D eigenvalue weighted by Crippen LogP contribution is -2.09. The van der Waals surface area contributed by atoms with Crippen LogP contribution in [0.4, 0.5) is 17.1 Å². The lowest BCUT2D eigenvalue weighted by molar-refractivity contribution is 1.12. The molecule has 0 spiro atoms. The van der Waals surface area contributed by atoms with Crippen molar-refractivity contribution >= 4 is 49.8 Å². The average Bonchev–Trinajstić information content (AvgIpc) is 3.90. The Morgan fingerprint density at radius 2 is 0.915 bits per heavy atom. The maximum atomic E-state index is 4.58. The van der Waals surface area contributed by atoms with Gasteiger partial charge in [0.1, 0.15) is 0 Å². The standard InChI is InChI=1S/C55H38N4/c1-4-12-39(13-5-1)40-19-27-47(28-20-40)58(49-31-23-42(24-32-49)52-18-10-11-36-56-52)48-29-21-41(22-30-48)44-26-34-53-51(38-44)50-33-25-43-35-37-57(45-14-6-2-7-15-45)54(43)55(50)59(53)46-16-8-3-9-17-46/h1-38H. The highest BCUT2D eigenvalue weighted by molar-refractivity contribution is 6.18.